The Kier molecular flexibility index (Phi) is 9.91. The van der Waals surface area contributed by atoms with Crippen LogP contribution in [0.1, 0.15) is 23.2 Å². The number of para-hydroxylation sites is 1. The van der Waals surface area contributed by atoms with Crippen molar-refractivity contribution in [2.75, 3.05) is 37.2 Å². The minimum absolute atomic E-state index is 0. The van der Waals surface area contributed by atoms with Crippen LogP contribution in [-0.4, -0.2) is 57.8 Å². The summed E-state index contributed by atoms with van der Waals surface area (Å²) in [6, 6.07) is 11.8. The van der Waals surface area contributed by atoms with E-state index in [9.17, 15) is 13.2 Å². The van der Waals surface area contributed by atoms with E-state index in [-0.39, 0.29) is 30.1 Å². The number of amides is 1. The molecule has 1 amide bonds. The van der Waals surface area contributed by atoms with E-state index >= 15 is 0 Å². The highest BCUT2D eigenvalue weighted by atomic mass is 35.5. The molecule has 0 radical (unpaired) electrons. The van der Waals surface area contributed by atoms with E-state index in [2.05, 4.69) is 14.9 Å². The van der Waals surface area contributed by atoms with Gasteiger partial charge in [-0.2, -0.15) is 0 Å². The Balaban J connectivity index is 0.00000363. The number of halogens is 3. The van der Waals surface area contributed by atoms with Crippen LogP contribution in [0.4, 0.5) is 5.69 Å². The second-order valence-electron chi connectivity index (χ2n) is 7.41. The third-order valence-corrected chi connectivity index (χ3v) is 6.24. The number of hydrogen-bond acceptors (Lipinski definition) is 5. The zero-order valence-electron chi connectivity index (χ0n) is 17.5. The maximum atomic E-state index is 12.5. The Bertz CT molecular complexity index is 1030. The van der Waals surface area contributed by atoms with E-state index in [0.717, 1.165) is 32.2 Å². The molecular formula is C21H26Cl3N3O4S. The summed E-state index contributed by atoms with van der Waals surface area (Å²) in [4.78, 5) is 14.8. The van der Waals surface area contributed by atoms with Crippen molar-refractivity contribution in [3.05, 3.63) is 58.1 Å². The maximum Gasteiger partial charge on any atom is 0.253 e. The summed E-state index contributed by atoms with van der Waals surface area (Å²) < 4.78 is 31.4. The minimum Gasteiger partial charge on any atom is -0.490 e. The van der Waals surface area contributed by atoms with Crippen LogP contribution in [0.15, 0.2) is 42.5 Å². The van der Waals surface area contributed by atoms with Crippen molar-refractivity contribution < 1.29 is 17.9 Å². The van der Waals surface area contributed by atoms with Crippen molar-refractivity contribution >= 4 is 57.2 Å². The topological polar surface area (TPSA) is 87.7 Å². The molecule has 0 saturated carbocycles. The van der Waals surface area contributed by atoms with Crippen LogP contribution in [0, 0.1) is 0 Å². The van der Waals surface area contributed by atoms with Crippen LogP contribution in [0.3, 0.4) is 0 Å². The molecule has 2 N–H and O–H groups in total. The highest BCUT2D eigenvalue weighted by Crippen LogP contribution is 2.28. The molecule has 176 valence electrons. The largest absolute Gasteiger partial charge is 0.490 e. The highest BCUT2D eigenvalue weighted by Gasteiger charge is 2.21. The monoisotopic (exact) mass is 521 g/mol. The molecule has 0 aliphatic carbocycles. The third kappa shape index (κ3) is 8.01. The molecule has 32 heavy (non-hydrogen) atoms. The summed E-state index contributed by atoms with van der Waals surface area (Å²) in [5, 5.41) is 3.83. The van der Waals surface area contributed by atoms with Crippen molar-refractivity contribution in [3.8, 4) is 5.75 Å². The predicted molar refractivity (Wildman–Crippen MR) is 131 cm³/mol. The average Bonchev–Trinajstić information content (AvgIpc) is 2.71. The van der Waals surface area contributed by atoms with Crippen LogP contribution in [0.2, 0.25) is 10.0 Å². The van der Waals surface area contributed by atoms with Crippen molar-refractivity contribution in [1.29, 1.82) is 0 Å². The van der Waals surface area contributed by atoms with E-state index in [1.807, 2.05) is 6.07 Å². The molecule has 2 aromatic carbocycles. The zero-order valence-corrected chi connectivity index (χ0v) is 20.7. The van der Waals surface area contributed by atoms with E-state index in [1.165, 1.54) is 0 Å². The van der Waals surface area contributed by atoms with Crippen molar-refractivity contribution in [2.45, 2.75) is 18.9 Å². The van der Waals surface area contributed by atoms with Gasteiger partial charge in [0.2, 0.25) is 10.0 Å². The Labute approximate surface area is 204 Å². The van der Waals surface area contributed by atoms with Crippen molar-refractivity contribution in [3.63, 3.8) is 0 Å². The van der Waals surface area contributed by atoms with Gasteiger partial charge in [0, 0.05) is 32.2 Å². The molecule has 0 unspecified atom stereocenters. The fourth-order valence-corrected chi connectivity index (χ4v) is 4.25. The summed E-state index contributed by atoms with van der Waals surface area (Å²) in [6.07, 6.45) is 2.90. The molecule has 7 nitrogen and oxygen atoms in total. The summed E-state index contributed by atoms with van der Waals surface area (Å²) in [6.45, 7) is 2.87. The van der Waals surface area contributed by atoms with Gasteiger partial charge in [0.1, 0.15) is 11.9 Å². The van der Waals surface area contributed by atoms with Crippen LogP contribution in [0.25, 0.3) is 0 Å². The molecule has 1 fully saturated rings. The molecular weight excluding hydrogens is 497 g/mol. The lowest BCUT2D eigenvalue weighted by Crippen LogP contribution is -2.42. The standard InChI is InChI=1S/C21H25Cl2N3O4S.ClH/c1-31(28,29)25-20-5-3-2-4-17(20)21(27)24-10-13-26-11-8-15(9-12-26)30-16-6-7-18(22)19(23)14-16;/h2-7,14-15,25H,8-13H2,1H3,(H,24,27);1H. The first-order chi connectivity index (χ1) is 14.7. The lowest BCUT2D eigenvalue weighted by molar-refractivity contribution is 0.0906. The number of carbonyl (C=O) groups is 1. The Morgan fingerprint density at radius 2 is 1.81 bits per heavy atom. The smallest absolute Gasteiger partial charge is 0.253 e. The summed E-state index contributed by atoms with van der Waals surface area (Å²) in [5.74, 6) is 0.395. The second-order valence-corrected chi connectivity index (χ2v) is 9.97. The summed E-state index contributed by atoms with van der Waals surface area (Å²) >= 11 is 12.0. The number of hydrogen-bond donors (Lipinski definition) is 2. The van der Waals surface area contributed by atoms with Gasteiger partial charge in [-0.05, 0) is 37.1 Å². The SMILES string of the molecule is CS(=O)(=O)Nc1ccccc1C(=O)NCCN1CCC(Oc2ccc(Cl)c(Cl)c2)CC1.Cl. The van der Waals surface area contributed by atoms with Crippen molar-refractivity contribution in [2.24, 2.45) is 0 Å². The Morgan fingerprint density at radius 1 is 1.12 bits per heavy atom. The first kappa shape index (κ1) is 26.5. The maximum absolute atomic E-state index is 12.5. The predicted octanol–water partition coefficient (Wildman–Crippen LogP) is 4.06. The van der Waals surface area contributed by atoms with Gasteiger partial charge in [-0.25, -0.2) is 8.42 Å². The molecule has 3 rings (SSSR count). The third-order valence-electron chi connectivity index (χ3n) is 4.91. The number of sulfonamides is 1. The molecule has 11 heteroatoms. The number of nitrogens with zero attached hydrogens (tertiary/aromatic N) is 1. The van der Waals surface area contributed by atoms with E-state index in [1.54, 1.807) is 36.4 Å². The van der Waals surface area contributed by atoms with Crippen LogP contribution in [-0.2, 0) is 10.0 Å². The highest BCUT2D eigenvalue weighted by molar-refractivity contribution is 7.92. The first-order valence-corrected chi connectivity index (χ1v) is 12.5. The molecule has 1 aliphatic heterocycles. The Morgan fingerprint density at radius 3 is 2.47 bits per heavy atom. The molecule has 2 aromatic rings. The number of rotatable bonds is 8. The average molecular weight is 523 g/mol. The number of piperidine rings is 1. The first-order valence-electron chi connectivity index (χ1n) is 9.90. The number of ether oxygens (including phenoxy) is 1. The lowest BCUT2D eigenvalue weighted by Gasteiger charge is -2.32. The lowest BCUT2D eigenvalue weighted by atomic mass is 10.1. The van der Waals surface area contributed by atoms with Gasteiger partial charge in [-0.3, -0.25) is 9.52 Å². The van der Waals surface area contributed by atoms with E-state index in [0.29, 0.717) is 34.4 Å². The van der Waals surface area contributed by atoms with Crippen LogP contribution < -0.4 is 14.8 Å². The van der Waals surface area contributed by atoms with E-state index in [4.69, 9.17) is 27.9 Å². The summed E-state index contributed by atoms with van der Waals surface area (Å²) in [5.41, 5.74) is 0.560. The molecule has 1 saturated heterocycles. The van der Waals surface area contributed by atoms with Gasteiger partial charge in [0.15, 0.2) is 0 Å². The molecule has 0 atom stereocenters. The number of anilines is 1. The number of carbonyl (C=O) groups excluding carboxylic acids is 1. The van der Waals surface area contributed by atoms with Gasteiger partial charge in [0.05, 0.1) is 27.6 Å². The molecule has 1 heterocycles. The van der Waals surface area contributed by atoms with E-state index < -0.39 is 10.0 Å². The molecule has 0 bridgehead atoms. The number of benzene rings is 2. The minimum atomic E-state index is -3.47. The fraction of sp³-hybridized carbons (Fsp3) is 0.381. The van der Waals surface area contributed by atoms with Gasteiger partial charge < -0.3 is 15.0 Å². The number of likely N-dealkylation sites (tertiary alicyclic amines) is 1. The normalized spacial score (nSPS) is 15.0. The summed E-state index contributed by atoms with van der Waals surface area (Å²) in [7, 11) is -3.47. The van der Waals surface area contributed by atoms with Crippen LogP contribution in [0.5, 0.6) is 5.75 Å². The number of nitrogens with one attached hydrogen (secondary N) is 2. The molecule has 1 aliphatic rings. The van der Waals surface area contributed by atoms with Crippen molar-refractivity contribution in [1.82, 2.24) is 10.2 Å². The van der Waals surface area contributed by atoms with Gasteiger partial charge in [-0.1, -0.05) is 35.3 Å². The zero-order chi connectivity index (χ0) is 22.4. The fourth-order valence-electron chi connectivity index (χ4n) is 3.39. The second kappa shape index (κ2) is 12.0. The molecule has 0 spiro atoms. The van der Waals surface area contributed by atoms with Crippen LogP contribution >= 0.6 is 35.6 Å². The van der Waals surface area contributed by atoms with Gasteiger partial charge in [-0.15, -0.1) is 12.4 Å². The Hall–Kier alpha value is -1.71. The molecule has 0 aromatic heterocycles. The van der Waals surface area contributed by atoms with Gasteiger partial charge in [0.25, 0.3) is 5.91 Å². The van der Waals surface area contributed by atoms with Gasteiger partial charge >= 0.3 is 0 Å². The quantitative estimate of drug-likeness (QED) is 0.546.